The second kappa shape index (κ2) is 5.71. The second-order valence-corrected chi connectivity index (χ2v) is 6.00. The Bertz CT molecular complexity index is 519. The summed E-state index contributed by atoms with van der Waals surface area (Å²) in [6, 6.07) is 1.57. The zero-order chi connectivity index (χ0) is 14.9. The van der Waals surface area contributed by atoms with Crippen molar-refractivity contribution in [1.29, 1.82) is 0 Å². The lowest BCUT2D eigenvalue weighted by molar-refractivity contribution is -0.128. The van der Waals surface area contributed by atoms with Gasteiger partial charge in [0.25, 0.3) is 6.43 Å². The van der Waals surface area contributed by atoms with Crippen LogP contribution in [-0.4, -0.2) is 35.2 Å². The van der Waals surface area contributed by atoms with E-state index in [-0.39, 0.29) is 11.3 Å². The van der Waals surface area contributed by atoms with Gasteiger partial charge in [-0.1, -0.05) is 12.8 Å². The van der Waals surface area contributed by atoms with Crippen molar-refractivity contribution in [2.45, 2.75) is 38.7 Å². The molecule has 1 aromatic rings. The fourth-order valence-electron chi connectivity index (χ4n) is 3.60. The molecule has 2 aliphatic rings. The summed E-state index contributed by atoms with van der Waals surface area (Å²) in [5, 5.41) is 10.1. The van der Waals surface area contributed by atoms with Crippen LogP contribution in [-0.2, 0) is 11.3 Å². The third-order valence-electron chi connectivity index (χ3n) is 4.70. The average Bonchev–Trinajstić information content (AvgIpc) is 3.05. The van der Waals surface area contributed by atoms with Crippen LogP contribution in [0.15, 0.2) is 12.3 Å². The zero-order valence-electron chi connectivity index (χ0n) is 11.8. The summed E-state index contributed by atoms with van der Waals surface area (Å²) in [6.45, 7) is 1.12. The van der Waals surface area contributed by atoms with Crippen molar-refractivity contribution in [3.05, 3.63) is 12.3 Å². The lowest BCUT2D eigenvalue weighted by atomic mass is 9.67. The molecule has 5 nitrogen and oxygen atoms in total. The highest BCUT2D eigenvalue weighted by atomic mass is 19.3. The van der Waals surface area contributed by atoms with Gasteiger partial charge in [-0.15, -0.1) is 0 Å². The van der Waals surface area contributed by atoms with Crippen molar-refractivity contribution in [2.24, 2.45) is 11.3 Å². The van der Waals surface area contributed by atoms with Crippen LogP contribution in [0.4, 0.5) is 14.6 Å². The number of rotatable bonds is 4. The molecule has 0 bridgehead atoms. The van der Waals surface area contributed by atoms with Crippen LogP contribution >= 0.6 is 0 Å². The topological polar surface area (TPSA) is 59.0 Å². The van der Waals surface area contributed by atoms with E-state index >= 15 is 0 Å². The fraction of sp³-hybridized carbons (Fsp3) is 0.714. The number of fused-ring (bicyclic) bond motifs is 1. The molecule has 1 saturated heterocycles. The smallest absolute Gasteiger partial charge is 0.257 e. The molecule has 2 heterocycles. The van der Waals surface area contributed by atoms with Gasteiger partial charge >= 0.3 is 0 Å². The number of hydrogen-bond acceptors (Lipinski definition) is 3. The first-order chi connectivity index (χ1) is 10.1. The number of nitrogens with zero attached hydrogens (tertiary/aromatic N) is 2. The first-order valence-electron chi connectivity index (χ1n) is 7.44. The third kappa shape index (κ3) is 2.79. The third-order valence-corrected chi connectivity index (χ3v) is 4.70. The summed E-state index contributed by atoms with van der Waals surface area (Å²) in [5.74, 6) is 0.695. The van der Waals surface area contributed by atoms with E-state index in [1.165, 1.54) is 12.6 Å². The Morgan fingerprint density at radius 1 is 1.57 bits per heavy atom. The molecule has 7 heteroatoms. The van der Waals surface area contributed by atoms with E-state index in [0.717, 1.165) is 30.5 Å². The Morgan fingerprint density at radius 2 is 2.43 bits per heavy atom. The Hall–Kier alpha value is -1.50. The van der Waals surface area contributed by atoms with Gasteiger partial charge in [-0.2, -0.15) is 5.10 Å². The van der Waals surface area contributed by atoms with E-state index in [1.54, 1.807) is 6.07 Å². The van der Waals surface area contributed by atoms with Crippen molar-refractivity contribution in [3.63, 3.8) is 0 Å². The molecule has 0 unspecified atom stereocenters. The number of amides is 1. The normalized spacial score (nSPS) is 28.6. The van der Waals surface area contributed by atoms with Crippen LogP contribution in [0.2, 0.25) is 0 Å². The Labute approximate surface area is 122 Å². The molecule has 2 atom stereocenters. The van der Waals surface area contributed by atoms with Crippen molar-refractivity contribution in [1.82, 2.24) is 15.1 Å². The van der Waals surface area contributed by atoms with E-state index in [4.69, 9.17) is 0 Å². The Morgan fingerprint density at radius 3 is 3.24 bits per heavy atom. The van der Waals surface area contributed by atoms with Gasteiger partial charge in [0.15, 0.2) is 5.82 Å². The van der Waals surface area contributed by atoms with E-state index in [9.17, 15) is 13.6 Å². The molecular weight excluding hydrogens is 278 g/mol. The molecule has 0 aromatic carbocycles. The minimum atomic E-state index is -2.45. The largest absolute Gasteiger partial charge is 0.315 e. The molecule has 1 amide bonds. The lowest BCUT2D eigenvalue weighted by Gasteiger charge is -2.36. The summed E-state index contributed by atoms with van der Waals surface area (Å²) < 4.78 is 25.8. The molecule has 3 rings (SSSR count). The number of carbonyl (C=O) groups excluding carboxylic acids is 1. The summed E-state index contributed by atoms with van der Waals surface area (Å²) in [5.41, 5.74) is -0.356. The molecular formula is C14H20F2N4O. The predicted molar refractivity (Wildman–Crippen MR) is 74.1 cm³/mol. The highest BCUT2D eigenvalue weighted by molar-refractivity contribution is 5.95. The van der Waals surface area contributed by atoms with Crippen molar-refractivity contribution in [3.8, 4) is 0 Å². The number of carbonyl (C=O) groups is 1. The van der Waals surface area contributed by atoms with Crippen LogP contribution < -0.4 is 10.6 Å². The number of alkyl halides is 2. The number of nitrogens with one attached hydrogen (secondary N) is 2. The highest BCUT2D eigenvalue weighted by Gasteiger charge is 2.49. The van der Waals surface area contributed by atoms with Crippen molar-refractivity contribution >= 4 is 11.7 Å². The Kier molecular flexibility index (Phi) is 3.93. The van der Waals surface area contributed by atoms with E-state index in [1.807, 2.05) is 0 Å². The number of hydrogen-bond donors (Lipinski definition) is 2. The maximum absolute atomic E-state index is 12.7. The minimum absolute atomic E-state index is 0.0282. The highest BCUT2D eigenvalue weighted by Crippen LogP contribution is 2.44. The van der Waals surface area contributed by atoms with Gasteiger partial charge < -0.3 is 10.6 Å². The van der Waals surface area contributed by atoms with Crippen LogP contribution in [0.1, 0.15) is 25.7 Å². The molecule has 21 heavy (non-hydrogen) atoms. The molecule has 0 spiro atoms. The molecule has 1 aromatic heterocycles. The second-order valence-electron chi connectivity index (χ2n) is 6.00. The van der Waals surface area contributed by atoms with E-state index in [0.29, 0.717) is 18.3 Å². The maximum atomic E-state index is 12.7. The van der Waals surface area contributed by atoms with Crippen LogP contribution in [0.25, 0.3) is 0 Å². The average molecular weight is 298 g/mol. The molecule has 1 saturated carbocycles. The summed E-state index contributed by atoms with van der Waals surface area (Å²) >= 11 is 0. The monoisotopic (exact) mass is 298 g/mol. The van der Waals surface area contributed by atoms with Gasteiger partial charge in [-0.25, -0.2) is 8.78 Å². The van der Waals surface area contributed by atoms with Gasteiger partial charge in [-0.3, -0.25) is 9.48 Å². The van der Waals surface area contributed by atoms with Gasteiger partial charge in [0, 0.05) is 18.8 Å². The van der Waals surface area contributed by atoms with Gasteiger partial charge in [-0.05, 0) is 25.3 Å². The van der Waals surface area contributed by atoms with Crippen LogP contribution in [0.5, 0.6) is 0 Å². The zero-order valence-corrected chi connectivity index (χ0v) is 11.8. The maximum Gasteiger partial charge on any atom is 0.257 e. The van der Waals surface area contributed by atoms with Gasteiger partial charge in [0.2, 0.25) is 5.91 Å². The van der Waals surface area contributed by atoms with Gasteiger partial charge in [0.1, 0.15) is 6.54 Å². The molecule has 2 N–H and O–H groups in total. The fourth-order valence-corrected chi connectivity index (χ4v) is 3.60. The molecule has 1 aliphatic heterocycles. The molecule has 116 valence electrons. The first kappa shape index (κ1) is 14.4. The number of anilines is 1. The quantitative estimate of drug-likeness (QED) is 0.892. The Balaban J connectivity index is 1.69. The van der Waals surface area contributed by atoms with Gasteiger partial charge in [0.05, 0.1) is 5.41 Å². The SMILES string of the molecule is O=C(Nc1ccn(CC(F)F)n1)[C@@]12CCCC[C@H]1CNC2. The standard InChI is InChI=1S/C14H20F2N4O/c15-11(16)8-20-6-4-12(19-20)18-13(21)14-5-2-1-3-10(14)7-17-9-14/h4,6,10-11,17H,1-3,5,7-9H2,(H,18,19,21)/t10-,14+/m0/s1. The lowest BCUT2D eigenvalue weighted by Crippen LogP contribution is -2.44. The summed E-state index contributed by atoms with van der Waals surface area (Å²) in [6.07, 6.45) is 3.20. The molecule has 2 fully saturated rings. The number of aromatic nitrogens is 2. The minimum Gasteiger partial charge on any atom is -0.315 e. The first-order valence-corrected chi connectivity index (χ1v) is 7.44. The van der Waals surface area contributed by atoms with Crippen LogP contribution in [0.3, 0.4) is 0 Å². The molecule has 1 aliphatic carbocycles. The van der Waals surface area contributed by atoms with Crippen molar-refractivity contribution in [2.75, 3.05) is 18.4 Å². The van der Waals surface area contributed by atoms with E-state index in [2.05, 4.69) is 15.7 Å². The number of halogens is 2. The van der Waals surface area contributed by atoms with Crippen molar-refractivity contribution < 1.29 is 13.6 Å². The summed E-state index contributed by atoms with van der Waals surface area (Å²) in [4.78, 5) is 12.7. The van der Waals surface area contributed by atoms with Crippen LogP contribution in [0, 0.1) is 11.3 Å². The predicted octanol–water partition coefficient (Wildman–Crippen LogP) is 1.87. The van der Waals surface area contributed by atoms with E-state index < -0.39 is 13.0 Å². The summed E-state index contributed by atoms with van der Waals surface area (Å²) in [7, 11) is 0. The molecule has 0 radical (unpaired) electrons.